The first-order valence-corrected chi connectivity index (χ1v) is 3.25. The zero-order valence-electron chi connectivity index (χ0n) is 6.39. The highest BCUT2D eigenvalue weighted by atomic mass is 19.4. The van der Waals surface area contributed by atoms with Crippen molar-refractivity contribution in [2.75, 3.05) is 0 Å². The summed E-state index contributed by atoms with van der Waals surface area (Å²) in [5.74, 6) is 0. The Hall–Kier alpha value is -1.04. The number of aryl methyl sites for hydroxylation is 1. The standard InChI is InChI=1S/C6H8F3N3/c1-12-5(2-10)4(3-11-12)6(7,8)9/h3H,2,10H2,1H3. The molecule has 2 N–H and O–H groups in total. The van der Waals surface area contributed by atoms with Crippen LogP contribution >= 0.6 is 0 Å². The second-order valence-corrected chi connectivity index (χ2v) is 2.33. The Morgan fingerprint density at radius 1 is 1.58 bits per heavy atom. The Kier molecular flexibility index (Phi) is 2.10. The maximum atomic E-state index is 12.1. The molecule has 0 aliphatic carbocycles. The minimum atomic E-state index is -4.36. The lowest BCUT2D eigenvalue weighted by Crippen LogP contribution is -2.12. The summed E-state index contributed by atoms with van der Waals surface area (Å²) < 4.78 is 37.5. The van der Waals surface area contributed by atoms with Gasteiger partial charge in [-0.2, -0.15) is 18.3 Å². The molecule has 0 saturated heterocycles. The van der Waals surface area contributed by atoms with Crippen molar-refractivity contribution >= 4 is 0 Å². The molecular weight excluding hydrogens is 171 g/mol. The third-order valence-electron chi connectivity index (χ3n) is 1.56. The van der Waals surface area contributed by atoms with E-state index in [0.29, 0.717) is 0 Å². The molecule has 0 amide bonds. The Labute approximate surface area is 67.0 Å². The molecule has 1 heterocycles. The number of aromatic nitrogens is 2. The number of hydrogen-bond donors (Lipinski definition) is 1. The van der Waals surface area contributed by atoms with Gasteiger partial charge in [0.15, 0.2) is 0 Å². The molecule has 0 spiro atoms. The molecule has 0 atom stereocenters. The van der Waals surface area contributed by atoms with Gasteiger partial charge in [-0.25, -0.2) is 0 Å². The first-order valence-electron chi connectivity index (χ1n) is 3.25. The fourth-order valence-corrected chi connectivity index (χ4v) is 0.942. The molecule has 6 heteroatoms. The Balaban J connectivity index is 3.16. The van der Waals surface area contributed by atoms with Gasteiger partial charge in [-0.15, -0.1) is 0 Å². The van der Waals surface area contributed by atoms with Crippen molar-refractivity contribution in [3.05, 3.63) is 17.5 Å². The summed E-state index contributed by atoms with van der Waals surface area (Å²) in [7, 11) is 1.43. The Morgan fingerprint density at radius 3 is 2.50 bits per heavy atom. The SMILES string of the molecule is Cn1ncc(C(F)(F)F)c1CN. The van der Waals surface area contributed by atoms with Gasteiger partial charge in [-0.1, -0.05) is 0 Å². The first kappa shape index (κ1) is 9.05. The van der Waals surface area contributed by atoms with E-state index in [4.69, 9.17) is 5.73 Å². The monoisotopic (exact) mass is 179 g/mol. The van der Waals surface area contributed by atoms with E-state index in [9.17, 15) is 13.2 Å². The van der Waals surface area contributed by atoms with Gasteiger partial charge in [0.05, 0.1) is 17.5 Å². The summed E-state index contributed by atoms with van der Waals surface area (Å²) in [6.45, 7) is -0.161. The van der Waals surface area contributed by atoms with Crippen LogP contribution in [0, 0.1) is 0 Å². The van der Waals surface area contributed by atoms with Crippen molar-refractivity contribution in [3.8, 4) is 0 Å². The van der Waals surface area contributed by atoms with Crippen molar-refractivity contribution in [1.82, 2.24) is 9.78 Å². The van der Waals surface area contributed by atoms with Crippen LogP contribution in [0.4, 0.5) is 13.2 Å². The van der Waals surface area contributed by atoms with E-state index >= 15 is 0 Å². The summed E-state index contributed by atoms with van der Waals surface area (Å²) in [4.78, 5) is 0. The maximum Gasteiger partial charge on any atom is 0.419 e. The predicted molar refractivity (Wildman–Crippen MR) is 36.1 cm³/mol. The quantitative estimate of drug-likeness (QED) is 0.696. The molecule has 0 aliphatic heterocycles. The van der Waals surface area contributed by atoms with Gasteiger partial charge in [0, 0.05) is 13.6 Å². The molecule has 3 nitrogen and oxygen atoms in total. The van der Waals surface area contributed by atoms with Crippen molar-refractivity contribution in [3.63, 3.8) is 0 Å². The van der Waals surface area contributed by atoms with Crippen molar-refractivity contribution in [2.45, 2.75) is 12.7 Å². The molecule has 0 aliphatic rings. The fraction of sp³-hybridized carbons (Fsp3) is 0.500. The van der Waals surface area contributed by atoms with Crippen LogP contribution in [0.15, 0.2) is 6.20 Å². The van der Waals surface area contributed by atoms with Crippen molar-refractivity contribution in [1.29, 1.82) is 0 Å². The van der Waals surface area contributed by atoms with E-state index in [0.717, 1.165) is 10.9 Å². The molecule has 1 aromatic rings. The van der Waals surface area contributed by atoms with Crippen LogP contribution < -0.4 is 5.73 Å². The first-order chi connectivity index (χ1) is 5.46. The highest BCUT2D eigenvalue weighted by Gasteiger charge is 2.35. The second-order valence-electron chi connectivity index (χ2n) is 2.33. The molecule has 0 fully saturated rings. The molecule has 0 radical (unpaired) electrons. The molecule has 12 heavy (non-hydrogen) atoms. The molecule has 68 valence electrons. The van der Waals surface area contributed by atoms with Crippen LogP contribution in [0.1, 0.15) is 11.3 Å². The largest absolute Gasteiger partial charge is 0.419 e. The predicted octanol–water partition coefficient (Wildman–Crippen LogP) is 0.898. The average molecular weight is 179 g/mol. The van der Waals surface area contributed by atoms with Crippen molar-refractivity contribution < 1.29 is 13.2 Å². The molecule has 0 saturated carbocycles. The van der Waals surface area contributed by atoms with Crippen molar-refractivity contribution in [2.24, 2.45) is 12.8 Å². The smallest absolute Gasteiger partial charge is 0.325 e. The summed E-state index contributed by atoms with van der Waals surface area (Å²) in [5.41, 5.74) is 4.38. The van der Waals surface area contributed by atoms with E-state index in [1.807, 2.05) is 0 Å². The lowest BCUT2D eigenvalue weighted by Gasteiger charge is -2.06. The highest BCUT2D eigenvalue weighted by Crippen LogP contribution is 2.31. The highest BCUT2D eigenvalue weighted by molar-refractivity contribution is 5.20. The second kappa shape index (κ2) is 2.78. The minimum absolute atomic E-state index is 0.00231. The van der Waals surface area contributed by atoms with Crippen LogP contribution in [-0.2, 0) is 19.8 Å². The van der Waals surface area contributed by atoms with Gasteiger partial charge in [0.2, 0.25) is 0 Å². The van der Waals surface area contributed by atoms with E-state index in [1.165, 1.54) is 7.05 Å². The van der Waals surface area contributed by atoms with E-state index in [1.54, 1.807) is 0 Å². The van der Waals surface area contributed by atoms with Gasteiger partial charge in [-0.3, -0.25) is 4.68 Å². The lowest BCUT2D eigenvalue weighted by molar-refractivity contribution is -0.138. The van der Waals surface area contributed by atoms with Crippen LogP contribution in [0.5, 0.6) is 0 Å². The minimum Gasteiger partial charge on any atom is -0.325 e. The van der Waals surface area contributed by atoms with Gasteiger partial charge in [0.1, 0.15) is 0 Å². The maximum absolute atomic E-state index is 12.1. The van der Waals surface area contributed by atoms with E-state index in [2.05, 4.69) is 5.10 Å². The summed E-state index contributed by atoms with van der Waals surface area (Å²) >= 11 is 0. The normalized spacial score (nSPS) is 12.1. The third-order valence-corrected chi connectivity index (χ3v) is 1.56. The number of rotatable bonds is 1. The van der Waals surface area contributed by atoms with Crippen LogP contribution in [-0.4, -0.2) is 9.78 Å². The summed E-state index contributed by atoms with van der Waals surface area (Å²) in [6.07, 6.45) is -3.58. The van der Waals surface area contributed by atoms with Gasteiger partial charge >= 0.3 is 6.18 Å². The molecule has 1 rings (SSSR count). The fourth-order valence-electron chi connectivity index (χ4n) is 0.942. The number of nitrogens with two attached hydrogens (primary N) is 1. The number of hydrogen-bond acceptors (Lipinski definition) is 2. The molecule has 0 unspecified atom stereocenters. The average Bonchev–Trinajstić information content (AvgIpc) is 2.29. The Bertz CT molecular complexity index is 276. The van der Waals surface area contributed by atoms with E-state index < -0.39 is 11.7 Å². The molecular formula is C6H8F3N3. The van der Waals surface area contributed by atoms with Crippen LogP contribution in [0.2, 0.25) is 0 Å². The van der Waals surface area contributed by atoms with Crippen LogP contribution in [0.3, 0.4) is 0 Å². The topological polar surface area (TPSA) is 43.8 Å². The van der Waals surface area contributed by atoms with Gasteiger partial charge in [0.25, 0.3) is 0 Å². The molecule has 0 aromatic carbocycles. The lowest BCUT2D eigenvalue weighted by atomic mass is 10.2. The zero-order valence-corrected chi connectivity index (χ0v) is 6.39. The Morgan fingerprint density at radius 2 is 2.17 bits per heavy atom. The van der Waals surface area contributed by atoms with Gasteiger partial charge < -0.3 is 5.73 Å². The number of halogens is 3. The zero-order chi connectivity index (χ0) is 9.35. The third kappa shape index (κ3) is 1.42. The van der Waals surface area contributed by atoms with Gasteiger partial charge in [-0.05, 0) is 0 Å². The summed E-state index contributed by atoms with van der Waals surface area (Å²) in [6, 6.07) is 0. The van der Waals surface area contributed by atoms with Crippen LogP contribution in [0.25, 0.3) is 0 Å². The number of nitrogens with zero attached hydrogens (tertiary/aromatic N) is 2. The molecule has 1 aromatic heterocycles. The number of alkyl halides is 3. The summed E-state index contributed by atoms with van der Waals surface area (Å²) in [5, 5.41) is 3.47. The molecule has 0 bridgehead atoms. The van der Waals surface area contributed by atoms with E-state index in [-0.39, 0.29) is 12.2 Å².